The van der Waals surface area contributed by atoms with E-state index in [1.54, 1.807) is 25.1 Å². The van der Waals surface area contributed by atoms with Gasteiger partial charge in [-0.15, -0.1) is 0 Å². The first kappa shape index (κ1) is 15.9. The molecule has 0 radical (unpaired) electrons. The summed E-state index contributed by atoms with van der Waals surface area (Å²) >= 11 is 0. The van der Waals surface area contributed by atoms with Crippen molar-refractivity contribution >= 4 is 22.8 Å². The number of nitrogens with one attached hydrogen (secondary N) is 1. The van der Waals surface area contributed by atoms with E-state index in [0.29, 0.717) is 23.4 Å². The Morgan fingerprint density at radius 2 is 1.75 bits per heavy atom. The molecule has 5 nitrogen and oxygen atoms in total. The first-order chi connectivity index (χ1) is 11.7. The number of nitrogens with zero attached hydrogens (tertiary/aromatic N) is 2. The highest BCUT2D eigenvalue weighted by molar-refractivity contribution is 5.95. The zero-order valence-electron chi connectivity index (χ0n) is 13.1. The maximum atomic E-state index is 13.0. The van der Waals surface area contributed by atoms with Gasteiger partial charge < -0.3 is 10.1 Å². The molecule has 0 fully saturated rings. The fourth-order valence-corrected chi connectivity index (χ4v) is 2.25. The Labute approximate surface area is 138 Å². The molecule has 122 valence electrons. The van der Waals surface area contributed by atoms with Crippen molar-refractivity contribution in [2.45, 2.75) is 13.5 Å². The number of anilines is 1. The van der Waals surface area contributed by atoms with Gasteiger partial charge >= 0.3 is 5.97 Å². The fourth-order valence-electron chi connectivity index (χ4n) is 2.25. The predicted octanol–water partition coefficient (Wildman–Crippen LogP) is 3.56. The van der Waals surface area contributed by atoms with E-state index in [2.05, 4.69) is 15.3 Å². The lowest BCUT2D eigenvalue weighted by Crippen LogP contribution is -2.14. The highest BCUT2D eigenvalue weighted by Crippen LogP contribution is 2.18. The van der Waals surface area contributed by atoms with Crippen LogP contribution in [0, 0.1) is 5.82 Å². The van der Waals surface area contributed by atoms with Crippen molar-refractivity contribution < 1.29 is 13.9 Å². The van der Waals surface area contributed by atoms with Crippen molar-refractivity contribution in [3.05, 3.63) is 65.6 Å². The third-order valence-electron chi connectivity index (χ3n) is 3.41. The third kappa shape index (κ3) is 3.48. The molecule has 0 aliphatic carbocycles. The minimum Gasteiger partial charge on any atom is -0.461 e. The largest absolute Gasteiger partial charge is 0.461 e. The normalized spacial score (nSPS) is 10.6. The Hall–Kier alpha value is -3.02. The van der Waals surface area contributed by atoms with Crippen molar-refractivity contribution in [1.29, 1.82) is 0 Å². The molecular formula is C18H16FN3O2. The number of carbonyl (C=O) groups is 1. The van der Waals surface area contributed by atoms with Gasteiger partial charge in [0.15, 0.2) is 11.5 Å². The van der Waals surface area contributed by atoms with Crippen LogP contribution in [0.2, 0.25) is 0 Å². The number of hydrogen-bond acceptors (Lipinski definition) is 5. The molecular weight excluding hydrogens is 309 g/mol. The molecule has 0 saturated heterocycles. The molecule has 2 aromatic carbocycles. The molecule has 3 rings (SSSR count). The zero-order chi connectivity index (χ0) is 16.9. The Morgan fingerprint density at radius 1 is 1.08 bits per heavy atom. The van der Waals surface area contributed by atoms with E-state index in [1.165, 1.54) is 12.1 Å². The number of fused-ring (bicyclic) bond motifs is 1. The van der Waals surface area contributed by atoms with E-state index in [4.69, 9.17) is 4.74 Å². The highest BCUT2D eigenvalue weighted by Gasteiger charge is 2.17. The van der Waals surface area contributed by atoms with E-state index >= 15 is 0 Å². The van der Waals surface area contributed by atoms with Gasteiger partial charge in [-0.2, -0.15) is 0 Å². The van der Waals surface area contributed by atoms with Crippen LogP contribution in [0.25, 0.3) is 11.0 Å². The summed E-state index contributed by atoms with van der Waals surface area (Å²) in [6, 6.07) is 13.4. The average molecular weight is 325 g/mol. The monoisotopic (exact) mass is 325 g/mol. The lowest BCUT2D eigenvalue weighted by molar-refractivity contribution is 0.0520. The predicted molar refractivity (Wildman–Crippen MR) is 89.2 cm³/mol. The quantitative estimate of drug-likeness (QED) is 0.727. The van der Waals surface area contributed by atoms with Crippen molar-refractivity contribution in [2.75, 3.05) is 11.9 Å². The van der Waals surface area contributed by atoms with Crippen molar-refractivity contribution in [3.63, 3.8) is 0 Å². The van der Waals surface area contributed by atoms with Gasteiger partial charge in [0, 0.05) is 6.54 Å². The fraction of sp³-hybridized carbons (Fsp3) is 0.167. The zero-order valence-corrected chi connectivity index (χ0v) is 13.1. The van der Waals surface area contributed by atoms with Crippen LogP contribution in [-0.2, 0) is 11.3 Å². The van der Waals surface area contributed by atoms with Gasteiger partial charge in [0.25, 0.3) is 0 Å². The maximum Gasteiger partial charge on any atom is 0.360 e. The van der Waals surface area contributed by atoms with E-state index in [9.17, 15) is 9.18 Å². The summed E-state index contributed by atoms with van der Waals surface area (Å²) in [4.78, 5) is 21.0. The SMILES string of the molecule is CCOC(=O)c1nc2ccccc2nc1NCc1ccc(F)cc1. The summed E-state index contributed by atoms with van der Waals surface area (Å²) in [7, 11) is 0. The summed E-state index contributed by atoms with van der Waals surface area (Å²) in [6.45, 7) is 2.38. The summed E-state index contributed by atoms with van der Waals surface area (Å²) < 4.78 is 18.0. The van der Waals surface area contributed by atoms with Crippen LogP contribution in [-0.4, -0.2) is 22.5 Å². The molecule has 0 spiro atoms. The highest BCUT2D eigenvalue weighted by atomic mass is 19.1. The minimum absolute atomic E-state index is 0.137. The number of esters is 1. The van der Waals surface area contributed by atoms with E-state index in [-0.39, 0.29) is 18.1 Å². The lowest BCUT2D eigenvalue weighted by Gasteiger charge is -2.11. The number of benzene rings is 2. The number of carbonyl (C=O) groups excluding carboxylic acids is 1. The smallest absolute Gasteiger partial charge is 0.360 e. The molecule has 1 aromatic heterocycles. The van der Waals surface area contributed by atoms with Gasteiger partial charge in [-0.1, -0.05) is 24.3 Å². The molecule has 6 heteroatoms. The molecule has 0 aliphatic heterocycles. The van der Waals surface area contributed by atoms with Crippen LogP contribution in [0.5, 0.6) is 0 Å². The molecule has 0 atom stereocenters. The topological polar surface area (TPSA) is 64.1 Å². The summed E-state index contributed by atoms with van der Waals surface area (Å²) in [5, 5.41) is 3.08. The molecule has 24 heavy (non-hydrogen) atoms. The molecule has 0 bridgehead atoms. The molecule has 1 heterocycles. The van der Waals surface area contributed by atoms with Gasteiger partial charge in [0.05, 0.1) is 17.6 Å². The lowest BCUT2D eigenvalue weighted by atomic mass is 10.2. The number of aromatic nitrogens is 2. The van der Waals surface area contributed by atoms with Crippen LogP contribution in [0.3, 0.4) is 0 Å². The van der Waals surface area contributed by atoms with Gasteiger partial charge in [-0.3, -0.25) is 0 Å². The van der Waals surface area contributed by atoms with Crippen LogP contribution < -0.4 is 5.32 Å². The van der Waals surface area contributed by atoms with Gasteiger partial charge in [-0.25, -0.2) is 19.2 Å². The third-order valence-corrected chi connectivity index (χ3v) is 3.41. The molecule has 0 amide bonds. The average Bonchev–Trinajstić information content (AvgIpc) is 2.60. The number of hydrogen-bond donors (Lipinski definition) is 1. The molecule has 0 unspecified atom stereocenters. The van der Waals surface area contributed by atoms with E-state index in [1.807, 2.05) is 18.2 Å². The Bertz CT molecular complexity index is 866. The van der Waals surface area contributed by atoms with Crippen molar-refractivity contribution in [3.8, 4) is 0 Å². The van der Waals surface area contributed by atoms with Crippen molar-refractivity contribution in [1.82, 2.24) is 9.97 Å². The summed E-state index contributed by atoms with van der Waals surface area (Å²) in [5.74, 6) is -0.481. The van der Waals surface area contributed by atoms with Crippen LogP contribution in [0.1, 0.15) is 23.0 Å². The molecule has 3 aromatic rings. The molecule has 1 N–H and O–H groups in total. The number of halogens is 1. The van der Waals surface area contributed by atoms with E-state index < -0.39 is 5.97 Å². The Balaban J connectivity index is 1.92. The minimum atomic E-state index is -0.530. The van der Waals surface area contributed by atoms with Gasteiger partial charge in [-0.05, 0) is 36.8 Å². The standard InChI is InChI=1S/C18H16FN3O2/c1-2-24-18(23)16-17(20-11-12-7-9-13(19)10-8-12)22-15-6-4-3-5-14(15)21-16/h3-10H,2,11H2,1H3,(H,20,22). The number of rotatable bonds is 5. The van der Waals surface area contributed by atoms with Crippen molar-refractivity contribution in [2.24, 2.45) is 0 Å². The second kappa shape index (κ2) is 7.04. The van der Waals surface area contributed by atoms with Gasteiger partial charge in [0.1, 0.15) is 5.82 Å². The van der Waals surface area contributed by atoms with Crippen LogP contribution in [0.15, 0.2) is 48.5 Å². The Morgan fingerprint density at radius 3 is 2.42 bits per heavy atom. The molecule has 0 saturated carbocycles. The van der Waals surface area contributed by atoms with Gasteiger partial charge in [0.2, 0.25) is 0 Å². The first-order valence-corrected chi connectivity index (χ1v) is 7.59. The summed E-state index contributed by atoms with van der Waals surface area (Å²) in [6.07, 6.45) is 0. The van der Waals surface area contributed by atoms with Crippen LogP contribution in [0.4, 0.5) is 10.2 Å². The maximum absolute atomic E-state index is 13.0. The number of ether oxygens (including phenoxy) is 1. The second-order valence-corrected chi connectivity index (χ2v) is 5.11. The first-order valence-electron chi connectivity index (χ1n) is 7.59. The number of para-hydroxylation sites is 2. The van der Waals surface area contributed by atoms with Crippen LogP contribution >= 0.6 is 0 Å². The summed E-state index contributed by atoms with van der Waals surface area (Å²) in [5.41, 5.74) is 2.29. The second-order valence-electron chi connectivity index (χ2n) is 5.11. The molecule has 0 aliphatic rings. The Kier molecular flexibility index (Phi) is 4.65. The van der Waals surface area contributed by atoms with E-state index in [0.717, 1.165) is 5.56 Å².